The van der Waals surface area contributed by atoms with E-state index < -0.39 is 5.82 Å². The summed E-state index contributed by atoms with van der Waals surface area (Å²) in [7, 11) is 0. The van der Waals surface area contributed by atoms with Crippen molar-refractivity contribution in [2.45, 2.75) is 52.2 Å². The van der Waals surface area contributed by atoms with Crippen LogP contribution in [0.2, 0.25) is 0 Å². The van der Waals surface area contributed by atoms with Crippen LogP contribution in [0, 0.1) is 11.7 Å². The van der Waals surface area contributed by atoms with Crippen molar-refractivity contribution < 1.29 is 13.9 Å². The van der Waals surface area contributed by atoms with Crippen molar-refractivity contribution in [3.05, 3.63) is 59.9 Å². The lowest BCUT2D eigenvalue weighted by Gasteiger charge is -2.32. The van der Waals surface area contributed by atoms with Crippen LogP contribution in [0.4, 0.5) is 10.1 Å². The van der Waals surface area contributed by atoms with Crippen LogP contribution in [0.15, 0.2) is 48.5 Å². The van der Waals surface area contributed by atoms with Gasteiger partial charge in [0.15, 0.2) is 0 Å². The number of nitrogens with one attached hydrogen (secondary N) is 1. The van der Waals surface area contributed by atoms with Crippen molar-refractivity contribution in [1.82, 2.24) is 4.90 Å². The number of para-hydroxylation sites is 1. The Morgan fingerprint density at radius 2 is 1.97 bits per heavy atom. The first-order valence-electron chi connectivity index (χ1n) is 10.5. The summed E-state index contributed by atoms with van der Waals surface area (Å²) < 4.78 is 19.4. The Labute approximate surface area is 173 Å². The van der Waals surface area contributed by atoms with Gasteiger partial charge in [-0.25, -0.2) is 4.39 Å². The van der Waals surface area contributed by atoms with E-state index in [1.54, 1.807) is 18.2 Å². The summed E-state index contributed by atoms with van der Waals surface area (Å²) in [6, 6.07) is 14.6. The number of hydrogen-bond donors (Lipinski definition) is 1. The molecule has 5 heteroatoms. The molecule has 0 aromatic heterocycles. The quantitative estimate of drug-likeness (QED) is 0.661. The smallest absolute Gasteiger partial charge is 0.224 e. The number of ether oxygens (including phenoxy) is 1. The highest BCUT2D eigenvalue weighted by molar-refractivity contribution is 5.90. The third kappa shape index (κ3) is 6.86. The van der Waals surface area contributed by atoms with E-state index in [-0.39, 0.29) is 17.7 Å². The number of halogens is 1. The molecular weight excluding hydrogens is 367 g/mol. The van der Waals surface area contributed by atoms with Gasteiger partial charge >= 0.3 is 0 Å². The van der Waals surface area contributed by atoms with Gasteiger partial charge in [-0.1, -0.05) is 24.3 Å². The number of nitrogens with zero attached hydrogens (tertiary/aromatic N) is 1. The number of amides is 1. The van der Waals surface area contributed by atoms with E-state index in [0.29, 0.717) is 12.3 Å². The van der Waals surface area contributed by atoms with Gasteiger partial charge in [0, 0.05) is 19.5 Å². The second-order valence-electron chi connectivity index (χ2n) is 8.12. The Bertz CT molecular complexity index is 792. The van der Waals surface area contributed by atoms with Crippen molar-refractivity contribution in [3.63, 3.8) is 0 Å². The minimum absolute atomic E-state index is 0.118. The molecule has 1 saturated heterocycles. The molecule has 0 spiro atoms. The summed E-state index contributed by atoms with van der Waals surface area (Å²) in [5, 5.41) is 2.68. The fraction of sp³-hybridized carbons (Fsp3) is 0.458. The van der Waals surface area contributed by atoms with E-state index in [1.165, 1.54) is 11.6 Å². The minimum atomic E-state index is -0.394. The third-order valence-electron chi connectivity index (χ3n) is 5.23. The lowest BCUT2D eigenvalue weighted by Crippen LogP contribution is -2.35. The van der Waals surface area contributed by atoms with Crippen LogP contribution < -0.4 is 10.1 Å². The number of likely N-dealkylation sites (tertiary alicyclic amines) is 1. The number of hydrogen-bond acceptors (Lipinski definition) is 3. The standard InChI is InChI=1S/C24H31FN2O2/c1-18(2)29-21-12-9-20(10-13-21)17-27-15-5-6-19(16-27)11-14-24(28)26-23-8-4-3-7-22(23)25/h3-4,7-10,12-13,18-19H,5-6,11,14-17H2,1-2H3,(H,26,28). The van der Waals surface area contributed by atoms with Gasteiger partial charge in [-0.3, -0.25) is 9.69 Å². The molecule has 0 bridgehead atoms. The molecule has 1 fully saturated rings. The average Bonchev–Trinajstić information content (AvgIpc) is 2.70. The Morgan fingerprint density at radius 1 is 1.21 bits per heavy atom. The molecule has 2 aromatic rings. The maximum Gasteiger partial charge on any atom is 0.224 e. The summed E-state index contributed by atoms with van der Waals surface area (Å²) in [6.45, 7) is 7.05. The van der Waals surface area contributed by atoms with Gasteiger partial charge in [-0.2, -0.15) is 0 Å². The van der Waals surface area contributed by atoms with Gasteiger partial charge < -0.3 is 10.1 Å². The van der Waals surface area contributed by atoms with E-state index in [0.717, 1.165) is 44.6 Å². The molecule has 2 aromatic carbocycles. The first kappa shape index (κ1) is 21.3. The number of rotatable bonds is 8. The molecule has 3 rings (SSSR count). The number of piperidine rings is 1. The number of benzene rings is 2. The highest BCUT2D eigenvalue weighted by Crippen LogP contribution is 2.24. The maximum atomic E-state index is 13.7. The van der Waals surface area contributed by atoms with Gasteiger partial charge in [0.1, 0.15) is 11.6 Å². The molecule has 4 nitrogen and oxygen atoms in total. The third-order valence-corrected chi connectivity index (χ3v) is 5.23. The number of carbonyl (C=O) groups is 1. The topological polar surface area (TPSA) is 41.6 Å². The molecule has 1 N–H and O–H groups in total. The zero-order chi connectivity index (χ0) is 20.6. The number of anilines is 1. The molecule has 0 radical (unpaired) electrons. The average molecular weight is 399 g/mol. The Kier molecular flexibility index (Phi) is 7.64. The van der Waals surface area contributed by atoms with E-state index in [9.17, 15) is 9.18 Å². The predicted molar refractivity (Wildman–Crippen MR) is 114 cm³/mol. The monoisotopic (exact) mass is 398 g/mol. The van der Waals surface area contributed by atoms with Crippen LogP contribution in [0.1, 0.15) is 45.1 Å². The lowest BCUT2D eigenvalue weighted by molar-refractivity contribution is -0.116. The van der Waals surface area contributed by atoms with Crippen molar-refractivity contribution in [1.29, 1.82) is 0 Å². The zero-order valence-electron chi connectivity index (χ0n) is 17.4. The molecule has 0 aliphatic carbocycles. The van der Waals surface area contributed by atoms with Crippen LogP contribution in [0.5, 0.6) is 5.75 Å². The normalized spacial score (nSPS) is 17.3. The van der Waals surface area contributed by atoms with Gasteiger partial charge in [0.05, 0.1) is 11.8 Å². The molecular formula is C24H31FN2O2. The fourth-order valence-electron chi connectivity index (χ4n) is 3.84. The first-order chi connectivity index (χ1) is 14.0. The molecule has 1 atom stereocenters. The molecule has 1 aliphatic heterocycles. The second-order valence-corrected chi connectivity index (χ2v) is 8.12. The largest absolute Gasteiger partial charge is 0.491 e. The molecule has 1 unspecified atom stereocenters. The molecule has 0 saturated carbocycles. The van der Waals surface area contributed by atoms with Gasteiger partial charge in [0.25, 0.3) is 0 Å². The number of carbonyl (C=O) groups excluding carboxylic acids is 1. The summed E-state index contributed by atoms with van der Waals surface area (Å²) in [5.74, 6) is 0.891. The molecule has 156 valence electrons. The van der Waals surface area contributed by atoms with Crippen molar-refractivity contribution in [3.8, 4) is 5.75 Å². The van der Waals surface area contributed by atoms with Crippen molar-refractivity contribution in [2.75, 3.05) is 18.4 Å². The fourth-order valence-corrected chi connectivity index (χ4v) is 3.84. The molecule has 1 amide bonds. The van der Waals surface area contributed by atoms with E-state index in [1.807, 2.05) is 26.0 Å². The van der Waals surface area contributed by atoms with E-state index >= 15 is 0 Å². The molecule has 29 heavy (non-hydrogen) atoms. The van der Waals surface area contributed by atoms with Gasteiger partial charge in [-0.15, -0.1) is 0 Å². The summed E-state index contributed by atoms with van der Waals surface area (Å²) >= 11 is 0. The Morgan fingerprint density at radius 3 is 2.69 bits per heavy atom. The summed E-state index contributed by atoms with van der Waals surface area (Å²) in [4.78, 5) is 14.6. The minimum Gasteiger partial charge on any atom is -0.491 e. The van der Waals surface area contributed by atoms with Crippen LogP contribution in [0.3, 0.4) is 0 Å². The second kappa shape index (κ2) is 10.4. The first-order valence-corrected chi connectivity index (χ1v) is 10.5. The summed E-state index contributed by atoms with van der Waals surface area (Å²) in [6.07, 6.45) is 3.73. The van der Waals surface area contributed by atoms with Crippen LogP contribution in [-0.2, 0) is 11.3 Å². The maximum absolute atomic E-state index is 13.7. The highest BCUT2D eigenvalue weighted by atomic mass is 19.1. The van der Waals surface area contributed by atoms with E-state index in [4.69, 9.17) is 4.74 Å². The zero-order valence-corrected chi connectivity index (χ0v) is 17.4. The van der Waals surface area contributed by atoms with Crippen LogP contribution in [0.25, 0.3) is 0 Å². The van der Waals surface area contributed by atoms with E-state index in [2.05, 4.69) is 22.3 Å². The van der Waals surface area contributed by atoms with Crippen molar-refractivity contribution >= 4 is 11.6 Å². The SMILES string of the molecule is CC(C)Oc1ccc(CN2CCCC(CCC(=O)Nc3ccccc3F)C2)cc1. The molecule has 1 aliphatic rings. The van der Waals surface area contributed by atoms with Gasteiger partial charge in [0.2, 0.25) is 5.91 Å². The Balaban J connectivity index is 1.44. The summed E-state index contributed by atoms with van der Waals surface area (Å²) in [5.41, 5.74) is 1.53. The predicted octanol–water partition coefficient (Wildman–Crippen LogP) is 5.24. The molecule has 1 heterocycles. The van der Waals surface area contributed by atoms with Crippen molar-refractivity contribution in [2.24, 2.45) is 5.92 Å². The Hall–Kier alpha value is -2.40. The van der Waals surface area contributed by atoms with Crippen LogP contribution in [-0.4, -0.2) is 30.0 Å². The highest BCUT2D eigenvalue weighted by Gasteiger charge is 2.21. The lowest BCUT2D eigenvalue weighted by atomic mass is 9.93. The van der Waals surface area contributed by atoms with Gasteiger partial charge in [-0.05, 0) is 75.4 Å². The van der Waals surface area contributed by atoms with Crippen LogP contribution >= 0.6 is 0 Å².